The number of carbonyl (C=O) groups is 12. The van der Waals surface area contributed by atoms with Crippen LogP contribution in [-0.2, 0) is 101 Å². The number of nitrogens with zero attached hydrogens (tertiary/aromatic N) is 7. The van der Waals surface area contributed by atoms with Gasteiger partial charge >= 0.3 is 5.97 Å². The number of amides is 11. The highest BCUT2D eigenvalue weighted by atomic mass is 35.5. The Morgan fingerprint density at radius 2 is 0.885 bits per heavy atom. The fourth-order valence-corrected chi connectivity index (χ4v) is 17.0. The molecule has 6 aromatic carbocycles. The van der Waals surface area contributed by atoms with Gasteiger partial charge < -0.3 is 80.2 Å². The van der Waals surface area contributed by atoms with Gasteiger partial charge in [0, 0.05) is 103 Å². The SMILES string of the molecule is Cc1ccc(C(OC(=O)C[C@H](NC(=O)[C@H](Cc2ccccc2)N(C)C(=O)[C@@H](NC(=O)[C@H](CC(C)C)N(C)C(=O)[C@H](CC(C)C)NC(=O)[C@H](Cc2ccccc2)N(C)C(=O)[C@H](COC(C)(C)C)NC(=O)[C@H](Cc2ccccc2)N(C)C(=O)[C@H](C)N(C)C(=O)[C@H](CC(C)C)N(C)C(=O)[C@@H](C)N)[C@@H](C)OC2CCCCO2)C(=O)N2CCCCC2)(c2ccccc2)c2ccccc2Cl)cc1. The molecular weight excluding hydrogens is 1680 g/mol. The Morgan fingerprint density at radius 1 is 0.458 bits per heavy atom. The van der Waals surface area contributed by atoms with Gasteiger partial charge in [0.1, 0.15) is 60.4 Å². The summed E-state index contributed by atoms with van der Waals surface area (Å²) in [6.45, 7) is 23.8. The highest BCUT2D eigenvalue weighted by molar-refractivity contribution is 6.31. The fourth-order valence-electron chi connectivity index (χ4n) is 16.7. The van der Waals surface area contributed by atoms with Crippen molar-refractivity contribution in [3.8, 4) is 0 Å². The number of likely N-dealkylation sites (N-methyl/N-ethyl adjacent to an activating group) is 6. The molecule has 0 aliphatic carbocycles. The summed E-state index contributed by atoms with van der Waals surface area (Å²) < 4.78 is 25.8. The van der Waals surface area contributed by atoms with Crippen LogP contribution in [0.2, 0.25) is 5.02 Å². The van der Waals surface area contributed by atoms with Gasteiger partial charge in [-0.2, -0.15) is 0 Å². The van der Waals surface area contributed by atoms with Crippen molar-refractivity contribution in [2.75, 3.05) is 68.6 Å². The zero-order valence-corrected chi connectivity index (χ0v) is 80.8. The molecule has 0 bridgehead atoms. The number of piperidine rings is 1. The molecule has 2 heterocycles. The van der Waals surface area contributed by atoms with Crippen LogP contribution >= 0.6 is 11.6 Å². The first-order chi connectivity index (χ1) is 62.0. The standard InChI is InChI=1S/C102H141ClN12O16/c1-65(2)57-79(105-90(117)84(61-73-41-27-21-28-42-73)112(17)97(124)81(64-129-101(11,12)13)107-92(119)83(60-72-39-25-20-26-40-72)110(15)95(122)70(9)109(14)99(126)86(59-67(5)6)114(19)94(121)69(8)104)96(123)111(16)82(58-66(3)4)93(120)108-89(71(10)130-88-49-35-38-56-128-88)100(127)113(18)85(62-74-43-29-22-30-44-74)91(118)106-80(98(125)115-54-36-24-37-55-115)63-87(116)131-102(75-45-31-23-32-46-75,76-52-50-68(7)51-53-76)77-47-33-34-48-78(77)103/h20-23,25-34,39-48,50-53,65-67,69-71,79-86,88-89H,24,35-38,49,54-64,104H2,1-19H3,(H,105,117)(H,106,118)(H,107,119)(H,108,120)/t69-,70+,71-,79+,80+,81+,82+,83+,84+,85+,86+,88?,89+,102?/m1/s1. The van der Waals surface area contributed by atoms with Crippen molar-refractivity contribution in [3.63, 3.8) is 0 Å². The van der Waals surface area contributed by atoms with Gasteiger partial charge in [-0.1, -0.05) is 222 Å². The Balaban J connectivity index is 1.11. The van der Waals surface area contributed by atoms with Crippen molar-refractivity contribution in [2.24, 2.45) is 23.5 Å². The minimum atomic E-state index is -1.68. The number of rotatable bonds is 44. The predicted molar refractivity (Wildman–Crippen MR) is 505 cm³/mol. The molecule has 0 saturated carbocycles. The van der Waals surface area contributed by atoms with E-state index in [2.05, 4.69) is 21.3 Å². The Hall–Kier alpha value is -10.9. The maximum absolute atomic E-state index is 16.1. The molecule has 11 amide bonds. The lowest BCUT2D eigenvalue weighted by Gasteiger charge is -2.38. The molecule has 6 N–H and O–H groups in total. The van der Waals surface area contributed by atoms with Crippen molar-refractivity contribution in [1.82, 2.24) is 55.6 Å². The number of aryl methyl sites for hydroxylation is 1. The van der Waals surface area contributed by atoms with Gasteiger partial charge in [0.25, 0.3) is 0 Å². The lowest BCUT2D eigenvalue weighted by Crippen LogP contribution is -2.63. The normalized spacial score (nSPS) is 16.8. The fraction of sp³-hybridized carbons (Fsp3) is 0.529. The van der Waals surface area contributed by atoms with Gasteiger partial charge in [-0.05, 0) is 147 Å². The Bertz CT molecular complexity index is 4760. The molecule has 2 saturated heterocycles. The van der Waals surface area contributed by atoms with E-state index in [0.717, 1.165) is 24.8 Å². The van der Waals surface area contributed by atoms with Gasteiger partial charge in [0.15, 0.2) is 11.9 Å². The van der Waals surface area contributed by atoms with Crippen LogP contribution in [0.1, 0.15) is 186 Å². The summed E-state index contributed by atoms with van der Waals surface area (Å²) in [4.78, 5) is 193. The van der Waals surface area contributed by atoms with E-state index in [1.165, 1.54) is 85.5 Å². The maximum Gasteiger partial charge on any atom is 0.310 e. The average Bonchev–Trinajstić information content (AvgIpc) is 0.743. The number of carbonyl (C=O) groups excluding carboxylic acids is 12. The molecule has 2 unspecified atom stereocenters. The number of nitrogens with two attached hydrogens (primary N) is 1. The number of esters is 1. The third-order valence-corrected chi connectivity index (χ3v) is 24.7. The molecule has 2 aliphatic rings. The van der Waals surface area contributed by atoms with Crippen LogP contribution in [-0.4, -0.2) is 258 Å². The lowest BCUT2D eigenvalue weighted by atomic mass is 9.79. The molecule has 29 heteroatoms. The molecule has 0 aromatic heterocycles. The second kappa shape index (κ2) is 49.5. The molecule has 0 spiro atoms. The number of ether oxygens (including phenoxy) is 4. The summed E-state index contributed by atoms with van der Waals surface area (Å²) in [7, 11) is 8.66. The van der Waals surface area contributed by atoms with E-state index in [1.54, 1.807) is 148 Å². The predicted octanol–water partition coefficient (Wildman–Crippen LogP) is 10.8. The van der Waals surface area contributed by atoms with Crippen LogP contribution < -0.4 is 27.0 Å². The largest absolute Gasteiger partial charge is 0.444 e. The molecule has 6 aromatic rings. The molecule has 2 fully saturated rings. The van der Waals surface area contributed by atoms with E-state index in [1.807, 2.05) is 103 Å². The van der Waals surface area contributed by atoms with Crippen molar-refractivity contribution < 1.29 is 76.5 Å². The lowest BCUT2D eigenvalue weighted by molar-refractivity contribution is -0.193. The van der Waals surface area contributed by atoms with E-state index < -0.39 is 174 Å². The first kappa shape index (κ1) is 105. The minimum Gasteiger partial charge on any atom is -0.444 e. The van der Waals surface area contributed by atoms with E-state index >= 15 is 43.2 Å². The topological polar surface area (TPSA) is 339 Å². The highest BCUT2D eigenvalue weighted by Gasteiger charge is 2.47. The summed E-state index contributed by atoms with van der Waals surface area (Å²) in [5.41, 5.74) is 7.83. The summed E-state index contributed by atoms with van der Waals surface area (Å²) in [5.74, 6) is -9.04. The average molecular weight is 1830 g/mol. The van der Waals surface area contributed by atoms with Crippen LogP contribution in [0.5, 0.6) is 0 Å². The van der Waals surface area contributed by atoms with Crippen LogP contribution in [0.3, 0.4) is 0 Å². The molecule has 8 rings (SSSR count). The quantitative estimate of drug-likeness (QED) is 0.0175. The van der Waals surface area contributed by atoms with Gasteiger partial charge in [-0.15, -0.1) is 0 Å². The number of hydrogen-bond acceptors (Lipinski definition) is 17. The van der Waals surface area contributed by atoms with Crippen molar-refractivity contribution >= 4 is 82.5 Å². The molecule has 14 atom stereocenters. The minimum absolute atomic E-state index is 0.0242. The van der Waals surface area contributed by atoms with Crippen molar-refractivity contribution in [2.45, 2.75) is 264 Å². The second-order valence-electron chi connectivity index (χ2n) is 37.4. The monoisotopic (exact) mass is 1830 g/mol. The first-order valence-corrected chi connectivity index (χ1v) is 46.4. The molecule has 131 heavy (non-hydrogen) atoms. The van der Waals surface area contributed by atoms with E-state index in [-0.39, 0.29) is 56.3 Å². The summed E-state index contributed by atoms with van der Waals surface area (Å²) in [6.07, 6.45) is 1.54. The van der Waals surface area contributed by atoms with Crippen LogP contribution in [0.4, 0.5) is 0 Å². The van der Waals surface area contributed by atoms with E-state index in [4.69, 9.17) is 36.3 Å². The number of nitrogens with one attached hydrogen (secondary N) is 4. The van der Waals surface area contributed by atoms with Crippen LogP contribution in [0.15, 0.2) is 170 Å². The summed E-state index contributed by atoms with van der Waals surface area (Å²) >= 11 is 7.12. The number of hydrogen-bond donors (Lipinski definition) is 5. The van der Waals surface area contributed by atoms with Crippen LogP contribution in [0, 0.1) is 24.7 Å². The molecule has 712 valence electrons. The van der Waals surface area contributed by atoms with Gasteiger partial charge in [0.05, 0.1) is 30.8 Å². The van der Waals surface area contributed by atoms with E-state index in [0.29, 0.717) is 77.4 Å². The zero-order chi connectivity index (χ0) is 96.3. The van der Waals surface area contributed by atoms with Gasteiger partial charge in [0.2, 0.25) is 65.0 Å². The first-order valence-electron chi connectivity index (χ1n) is 46.0. The Morgan fingerprint density at radius 3 is 1.37 bits per heavy atom. The molecular formula is C102H141ClN12O16. The van der Waals surface area contributed by atoms with Crippen molar-refractivity contribution in [1.29, 1.82) is 0 Å². The summed E-state index contributed by atoms with van der Waals surface area (Å²) in [5, 5.41) is 12.2. The third kappa shape index (κ3) is 29.5. The van der Waals surface area contributed by atoms with Crippen molar-refractivity contribution in [3.05, 3.63) is 214 Å². The molecule has 0 radical (unpaired) electrons. The van der Waals surface area contributed by atoms with Gasteiger partial charge in [-0.3, -0.25) is 57.5 Å². The zero-order valence-electron chi connectivity index (χ0n) is 80.0. The highest BCUT2D eigenvalue weighted by Crippen LogP contribution is 2.44. The summed E-state index contributed by atoms with van der Waals surface area (Å²) in [6, 6.07) is 35.9. The molecule has 2 aliphatic heterocycles. The second-order valence-corrected chi connectivity index (χ2v) is 37.8. The number of halogens is 1. The Kier molecular flexibility index (Phi) is 39.9. The third-order valence-electron chi connectivity index (χ3n) is 24.4. The molecule has 28 nitrogen and oxygen atoms in total. The number of benzene rings is 6. The van der Waals surface area contributed by atoms with E-state index in [9.17, 15) is 14.4 Å². The number of likely N-dealkylation sites (tertiary alicyclic amines) is 1. The van der Waals surface area contributed by atoms with Crippen LogP contribution in [0.25, 0.3) is 0 Å². The Labute approximate surface area is 779 Å². The van der Waals surface area contributed by atoms with Gasteiger partial charge in [-0.25, -0.2) is 0 Å². The maximum atomic E-state index is 16.1. The smallest absolute Gasteiger partial charge is 0.310 e.